The first-order valence-corrected chi connectivity index (χ1v) is 6.42. The number of nitrogens with zero attached hydrogens (tertiary/aromatic N) is 3. The molecular formula is C16H17N3. The van der Waals surface area contributed by atoms with Crippen LogP contribution in [0, 0.1) is 6.92 Å². The van der Waals surface area contributed by atoms with Crippen LogP contribution in [-0.4, -0.2) is 18.2 Å². The lowest BCUT2D eigenvalue weighted by Gasteiger charge is -2.41. The molecule has 96 valence electrons. The van der Waals surface area contributed by atoms with Gasteiger partial charge in [-0.05, 0) is 31.0 Å². The third-order valence-electron chi connectivity index (χ3n) is 3.98. The maximum atomic E-state index is 4.61. The highest BCUT2D eigenvalue weighted by Gasteiger charge is 2.34. The van der Waals surface area contributed by atoms with Crippen molar-refractivity contribution in [3.63, 3.8) is 0 Å². The minimum atomic E-state index is -0.235. The molecule has 3 rings (SSSR count). The molecule has 0 aliphatic carbocycles. The molecule has 3 heteroatoms. The number of pyridine rings is 1. The van der Waals surface area contributed by atoms with Crippen LogP contribution >= 0.6 is 0 Å². The van der Waals surface area contributed by atoms with E-state index in [9.17, 15) is 0 Å². The van der Waals surface area contributed by atoms with Gasteiger partial charge in [0.25, 0.3) is 0 Å². The maximum absolute atomic E-state index is 4.61. The molecule has 0 radical (unpaired) electrons. The summed E-state index contributed by atoms with van der Waals surface area (Å²) in [5.74, 6) is 0. The van der Waals surface area contributed by atoms with Gasteiger partial charge in [-0.3, -0.25) is 9.98 Å². The highest BCUT2D eigenvalue weighted by Crippen LogP contribution is 2.40. The maximum Gasteiger partial charge on any atom is 0.0980 e. The Hall–Kier alpha value is -2.16. The Morgan fingerprint density at radius 3 is 2.74 bits per heavy atom. The van der Waals surface area contributed by atoms with Gasteiger partial charge in [0.1, 0.15) is 0 Å². The molecule has 0 spiro atoms. The van der Waals surface area contributed by atoms with Crippen LogP contribution < -0.4 is 4.90 Å². The van der Waals surface area contributed by atoms with Crippen molar-refractivity contribution in [2.24, 2.45) is 4.99 Å². The zero-order valence-corrected chi connectivity index (χ0v) is 11.5. The Labute approximate surface area is 113 Å². The lowest BCUT2D eigenvalue weighted by molar-refractivity contribution is 0.622. The Balaban J connectivity index is 2.16. The van der Waals surface area contributed by atoms with E-state index in [1.54, 1.807) is 6.20 Å². The summed E-state index contributed by atoms with van der Waals surface area (Å²) in [6.07, 6.45) is 5.68. The van der Waals surface area contributed by atoms with E-state index in [1.165, 1.54) is 11.1 Å². The number of anilines is 1. The average molecular weight is 251 g/mol. The average Bonchev–Trinajstić information content (AvgIpc) is 2.44. The van der Waals surface area contributed by atoms with Gasteiger partial charge in [0.15, 0.2) is 0 Å². The van der Waals surface area contributed by atoms with Gasteiger partial charge in [-0.2, -0.15) is 0 Å². The van der Waals surface area contributed by atoms with Crippen LogP contribution in [-0.2, 0) is 5.54 Å². The van der Waals surface area contributed by atoms with Gasteiger partial charge in [-0.1, -0.05) is 24.3 Å². The quantitative estimate of drug-likeness (QED) is 0.776. The number of rotatable bonds is 1. The first-order chi connectivity index (χ1) is 9.13. The molecule has 2 aromatic rings. The van der Waals surface area contributed by atoms with Crippen molar-refractivity contribution in [2.75, 3.05) is 11.9 Å². The van der Waals surface area contributed by atoms with E-state index in [-0.39, 0.29) is 5.54 Å². The number of aromatic nitrogens is 1. The zero-order valence-electron chi connectivity index (χ0n) is 11.5. The van der Waals surface area contributed by atoms with Gasteiger partial charge in [0, 0.05) is 19.5 Å². The van der Waals surface area contributed by atoms with Crippen molar-refractivity contribution in [3.8, 4) is 0 Å². The molecule has 19 heavy (non-hydrogen) atoms. The van der Waals surface area contributed by atoms with Crippen molar-refractivity contribution in [1.29, 1.82) is 0 Å². The van der Waals surface area contributed by atoms with Crippen LogP contribution in [0.2, 0.25) is 0 Å². The fraction of sp³-hybridized carbons (Fsp3) is 0.250. The third kappa shape index (κ3) is 1.73. The molecule has 0 N–H and O–H groups in total. The van der Waals surface area contributed by atoms with Crippen LogP contribution in [0.4, 0.5) is 11.4 Å². The van der Waals surface area contributed by atoms with Crippen LogP contribution in [0.15, 0.2) is 47.7 Å². The molecule has 3 nitrogen and oxygen atoms in total. The molecule has 0 saturated heterocycles. The Morgan fingerprint density at radius 1 is 1.16 bits per heavy atom. The molecule has 1 aliphatic rings. The van der Waals surface area contributed by atoms with Crippen LogP contribution in [0.25, 0.3) is 0 Å². The van der Waals surface area contributed by atoms with Gasteiger partial charge in [0.05, 0.1) is 23.1 Å². The molecule has 1 aromatic heterocycles. The first-order valence-electron chi connectivity index (χ1n) is 6.42. The molecule has 0 amide bonds. The van der Waals surface area contributed by atoms with Crippen LogP contribution in [0.3, 0.4) is 0 Å². The van der Waals surface area contributed by atoms with E-state index in [1.807, 2.05) is 18.5 Å². The summed E-state index contributed by atoms with van der Waals surface area (Å²) in [5.41, 5.74) is 4.35. The van der Waals surface area contributed by atoms with Gasteiger partial charge in [0.2, 0.25) is 0 Å². The van der Waals surface area contributed by atoms with Gasteiger partial charge in [-0.15, -0.1) is 0 Å². The molecule has 1 atom stereocenters. The topological polar surface area (TPSA) is 28.5 Å². The second-order valence-electron chi connectivity index (χ2n) is 5.14. The van der Waals surface area contributed by atoms with Crippen molar-refractivity contribution in [1.82, 2.24) is 4.98 Å². The minimum Gasteiger partial charge on any atom is -0.357 e. The summed E-state index contributed by atoms with van der Waals surface area (Å²) in [4.78, 5) is 11.1. The van der Waals surface area contributed by atoms with Crippen molar-refractivity contribution < 1.29 is 0 Å². The third-order valence-corrected chi connectivity index (χ3v) is 3.98. The van der Waals surface area contributed by atoms with Crippen LogP contribution in [0.5, 0.6) is 0 Å². The van der Waals surface area contributed by atoms with E-state index >= 15 is 0 Å². The SMILES string of the molecule is Cc1ccccc1C1(C)C=Nc2ccncc2N1C. The first kappa shape index (κ1) is 11.9. The lowest BCUT2D eigenvalue weighted by Crippen LogP contribution is -2.45. The number of aryl methyl sites for hydroxylation is 1. The fourth-order valence-corrected chi connectivity index (χ4v) is 2.67. The van der Waals surface area contributed by atoms with Gasteiger partial charge < -0.3 is 4.90 Å². The number of benzene rings is 1. The minimum absolute atomic E-state index is 0.235. The van der Waals surface area contributed by atoms with E-state index in [2.05, 4.69) is 60.0 Å². The monoisotopic (exact) mass is 251 g/mol. The van der Waals surface area contributed by atoms with Crippen LogP contribution in [0.1, 0.15) is 18.1 Å². The smallest absolute Gasteiger partial charge is 0.0980 e. The normalized spacial score (nSPS) is 21.3. The predicted molar refractivity (Wildman–Crippen MR) is 79.3 cm³/mol. The summed E-state index contributed by atoms with van der Waals surface area (Å²) in [6, 6.07) is 10.4. The van der Waals surface area contributed by atoms with Gasteiger partial charge >= 0.3 is 0 Å². The standard InChI is InChI=1S/C16H17N3/c1-12-6-4-5-7-13(12)16(2)11-18-14-8-9-17-10-15(14)19(16)3/h4-11H,1-3H3. The Kier molecular flexibility index (Phi) is 2.63. The second kappa shape index (κ2) is 4.19. The largest absolute Gasteiger partial charge is 0.357 e. The summed E-state index contributed by atoms with van der Waals surface area (Å²) in [5, 5.41) is 0. The predicted octanol–water partition coefficient (Wildman–Crippen LogP) is 3.46. The highest BCUT2D eigenvalue weighted by atomic mass is 15.2. The van der Waals surface area contributed by atoms with Gasteiger partial charge in [-0.25, -0.2) is 0 Å². The van der Waals surface area contributed by atoms with Crippen molar-refractivity contribution >= 4 is 17.6 Å². The highest BCUT2D eigenvalue weighted by molar-refractivity contribution is 5.88. The number of fused-ring (bicyclic) bond motifs is 1. The number of aliphatic imine (C=N–C) groups is 1. The number of hydrogen-bond donors (Lipinski definition) is 0. The molecule has 2 heterocycles. The summed E-state index contributed by atoms with van der Waals surface area (Å²) in [7, 11) is 2.10. The molecule has 0 bridgehead atoms. The van der Waals surface area contributed by atoms with Crippen molar-refractivity contribution in [3.05, 3.63) is 53.9 Å². The fourth-order valence-electron chi connectivity index (χ4n) is 2.67. The Bertz CT molecular complexity index is 648. The molecule has 0 fully saturated rings. The van der Waals surface area contributed by atoms with Crippen molar-refractivity contribution in [2.45, 2.75) is 19.4 Å². The zero-order chi connectivity index (χ0) is 13.5. The molecule has 1 aliphatic heterocycles. The lowest BCUT2D eigenvalue weighted by atomic mass is 9.87. The molecular weight excluding hydrogens is 234 g/mol. The molecule has 1 aromatic carbocycles. The van der Waals surface area contributed by atoms with E-state index in [4.69, 9.17) is 0 Å². The summed E-state index contributed by atoms with van der Waals surface area (Å²) < 4.78 is 0. The Morgan fingerprint density at radius 2 is 1.95 bits per heavy atom. The molecule has 0 saturated carbocycles. The molecule has 1 unspecified atom stereocenters. The van der Waals surface area contributed by atoms with E-state index < -0.39 is 0 Å². The number of hydrogen-bond acceptors (Lipinski definition) is 3. The van der Waals surface area contributed by atoms with E-state index in [0.29, 0.717) is 0 Å². The van der Waals surface area contributed by atoms with E-state index in [0.717, 1.165) is 11.4 Å². The summed E-state index contributed by atoms with van der Waals surface area (Å²) >= 11 is 0. The summed E-state index contributed by atoms with van der Waals surface area (Å²) in [6.45, 7) is 4.33. The second-order valence-corrected chi connectivity index (χ2v) is 5.14.